The molecule has 0 aromatic heterocycles. The summed E-state index contributed by atoms with van der Waals surface area (Å²) in [5.74, 6) is -0.814. The van der Waals surface area contributed by atoms with Crippen molar-refractivity contribution in [3.8, 4) is 0 Å². The minimum absolute atomic E-state index is 0.129. The van der Waals surface area contributed by atoms with E-state index in [4.69, 9.17) is 0 Å². The fraction of sp³-hybridized carbons (Fsp3) is 0.833. The number of rotatable bonds is 2. The van der Waals surface area contributed by atoms with Crippen LogP contribution in [-0.4, -0.2) is 54.2 Å². The molecule has 0 radical (unpaired) electrons. The quantitative estimate of drug-likeness (QED) is 0.660. The molecule has 1 saturated carbocycles. The van der Waals surface area contributed by atoms with E-state index in [-0.39, 0.29) is 12.1 Å². The average molecular weight is 255 g/mol. The van der Waals surface area contributed by atoms with Crippen LogP contribution < -0.4 is 10.6 Å². The van der Waals surface area contributed by atoms with Crippen LogP contribution in [0, 0.1) is 5.41 Å². The van der Waals surface area contributed by atoms with Crippen molar-refractivity contribution in [1.82, 2.24) is 15.5 Å². The van der Waals surface area contributed by atoms with Crippen LogP contribution in [0.2, 0.25) is 0 Å². The molecule has 6 heteroatoms. The average Bonchev–Trinajstić information content (AvgIpc) is 2.73. The predicted octanol–water partition coefficient (Wildman–Crippen LogP) is 0.245. The standard InChI is InChI=1S/C12H21N3O3/c1-12(10(16)17)4-2-3-9(12)14-11(18)15-7-5-13-6-8-15/h9,13H,2-8H2,1H3,(H,14,18)(H,16,17). The first-order valence-electron chi connectivity index (χ1n) is 6.53. The second kappa shape index (κ2) is 5.14. The number of aliphatic carboxylic acids is 1. The second-order valence-corrected chi connectivity index (χ2v) is 5.35. The van der Waals surface area contributed by atoms with Gasteiger partial charge in [0.25, 0.3) is 0 Å². The van der Waals surface area contributed by atoms with Crippen molar-refractivity contribution in [3.05, 3.63) is 0 Å². The highest BCUT2D eigenvalue weighted by molar-refractivity contribution is 5.79. The van der Waals surface area contributed by atoms with Gasteiger partial charge in [0.05, 0.1) is 5.41 Å². The van der Waals surface area contributed by atoms with E-state index in [2.05, 4.69) is 10.6 Å². The molecule has 0 aromatic carbocycles. The van der Waals surface area contributed by atoms with Crippen LogP contribution in [0.3, 0.4) is 0 Å². The summed E-state index contributed by atoms with van der Waals surface area (Å²) in [6, 6.07) is -0.381. The Morgan fingerprint density at radius 1 is 1.39 bits per heavy atom. The number of carbonyl (C=O) groups is 2. The summed E-state index contributed by atoms with van der Waals surface area (Å²) >= 11 is 0. The summed E-state index contributed by atoms with van der Waals surface area (Å²) in [6.07, 6.45) is 2.24. The van der Waals surface area contributed by atoms with Crippen molar-refractivity contribution < 1.29 is 14.7 Å². The molecule has 2 unspecified atom stereocenters. The van der Waals surface area contributed by atoms with Crippen LogP contribution >= 0.6 is 0 Å². The van der Waals surface area contributed by atoms with Crippen LogP contribution in [0.4, 0.5) is 4.79 Å². The van der Waals surface area contributed by atoms with E-state index in [1.165, 1.54) is 0 Å². The first-order valence-corrected chi connectivity index (χ1v) is 6.53. The Labute approximate surface area is 107 Å². The Morgan fingerprint density at radius 2 is 2.06 bits per heavy atom. The molecule has 1 heterocycles. The monoisotopic (exact) mass is 255 g/mol. The van der Waals surface area contributed by atoms with E-state index in [0.717, 1.165) is 25.9 Å². The Balaban J connectivity index is 1.95. The highest BCUT2D eigenvalue weighted by Gasteiger charge is 2.46. The first kappa shape index (κ1) is 13.1. The minimum Gasteiger partial charge on any atom is -0.481 e. The number of carboxylic acid groups (broad SMARTS) is 1. The molecule has 2 rings (SSSR count). The Morgan fingerprint density at radius 3 is 2.67 bits per heavy atom. The maximum Gasteiger partial charge on any atom is 0.317 e. The van der Waals surface area contributed by atoms with Gasteiger partial charge in [-0.15, -0.1) is 0 Å². The highest BCUT2D eigenvalue weighted by atomic mass is 16.4. The van der Waals surface area contributed by atoms with Crippen molar-refractivity contribution in [1.29, 1.82) is 0 Å². The summed E-state index contributed by atoms with van der Waals surface area (Å²) < 4.78 is 0. The molecule has 1 aliphatic heterocycles. The lowest BCUT2D eigenvalue weighted by molar-refractivity contribution is -0.148. The van der Waals surface area contributed by atoms with Crippen molar-refractivity contribution in [2.24, 2.45) is 5.41 Å². The molecule has 2 atom stereocenters. The molecule has 2 fully saturated rings. The topological polar surface area (TPSA) is 81.7 Å². The molecule has 2 aliphatic rings. The molecule has 0 aromatic rings. The van der Waals surface area contributed by atoms with Gasteiger partial charge in [0.1, 0.15) is 0 Å². The summed E-state index contributed by atoms with van der Waals surface area (Å²) in [5, 5.41) is 15.4. The minimum atomic E-state index is -0.816. The van der Waals surface area contributed by atoms with Crippen molar-refractivity contribution in [2.75, 3.05) is 26.2 Å². The van der Waals surface area contributed by atoms with E-state index in [1.807, 2.05) is 0 Å². The summed E-state index contributed by atoms with van der Waals surface area (Å²) in [4.78, 5) is 25.1. The molecule has 6 nitrogen and oxygen atoms in total. The van der Waals surface area contributed by atoms with Gasteiger partial charge >= 0.3 is 12.0 Å². The van der Waals surface area contributed by atoms with Crippen molar-refractivity contribution in [3.63, 3.8) is 0 Å². The largest absolute Gasteiger partial charge is 0.481 e. The lowest BCUT2D eigenvalue weighted by atomic mass is 9.85. The third-order valence-corrected chi connectivity index (χ3v) is 4.15. The number of hydrogen-bond donors (Lipinski definition) is 3. The van der Waals surface area contributed by atoms with E-state index in [9.17, 15) is 14.7 Å². The number of nitrogens with one attached hydrogen (secondary N) is 2. The molecule has 0 spiro atoms. The SMILES string of the molecule is CC1(C(=O)O)CCCC1NC(=O)N1CCNCC1. The third-order valence-electron chi connectivity index (χ3n) is 4.15. The van der Waals surface area contributed by atoms with Crippen molar-refractivity contribution >= 4 is 12.0 Å². The molecule has 2 amide bonds. The fourth-order valence-corrected chi connectivity index (χ4v) is 2.76. The lowest BCUT2D eigenvalue weighted by Crippen LogP contribution is -2.55. The Kier molecular flexibility index (Phi) is 3.75. The number of amides is 2. The maximum absolute atomic E-state index is 12.1. The van der Waals surface area contributed by atoms with Gasteiger partial charge in [0.15, 0.2) is 0 Å². The van der Waals surface area contributed by atoms with Gasteiger partial charge < -0.3 is 20.6 Å². The van der Waals surface area contributed by atoms with Gasteiger partial charge in [-0.25, -0.2) is 4.79 Å². The Bertz CT molecular complexity index is 341. The van der Waals surface area contributed by atoms with E-state index < -0.39 is 11.4 Å². The smallest absolute Gasteiger partial charge is 0.317 e. The number of nitrogens with zero attached hydrogens (tertiary/aromatic N) is 1. The van der Waals surface area contributed by atoms with Gasteiger partial charge in [-0.1, -0.05) is 6.42 Å². The molecule has 102 valence electrons. The fourth-order valence-electron chi connectivity index (χ4n) is 2.76. The zero-order chi connectivity index (χ0) is 13.2. The first-order chi connectivity index (χ1) is 8.54. The van der Waals surface area contributed by atoms with Gasteiger partial charge in [-0.3, -0.25) is 4.79 Å². The van der Waals surface area contributed by atoms with Crippen LogP contribution in [0.1, 0.15) is 26.2 Å². The Hall–Kier alpha value is -1.30. The normalized spacial score (nSPS) is 32.3. The third kappa shape index (κ3) is 2.43. The van der Waals surface area contributed by atoms with Crippen molar-refractivity contribution in [2.45, 2.75) is 32.2 Å². The zero-order valence-corrected chi connectivity index (χ0v) is 10.7. The van der Waals surface area contributed by atoms with E-state index in [0.29, 0.717) is 19.5 Å². The van der Waals surface area contributed by atoms with Gasteiger partial charge in [0, 0.05) is 32.2 Å². The van der Waals surface area contributed by atoms with Crippen LogP contribution in [0.25, 0.3) is 0 Å². The van der Waals surface area contributed by atoms with E-state index in [1.54, 1.807) is 11.8 Å². The van der Waals surface area contributed by atoms with Gasteiger partial charge in [0.2, 0.25) is 0 Å². The molecular weight excluding hydrogens is 234 g/mol. The van der Waals surface area contributed by atoms with Gasteiger partial charge in [-0.05, 0) is 19.8 Å². The zero-order valence-electron chi connectivity index (χ0n) is 10.7. The van der Waals surface area contributed by atoms with Crippen LogP contribution in [0.15, 0.2) is 0 Å². The number of carboxylic acids is 1. The molecule has 18 heavy (non-hydrogen) atoms. The predicted molar refractivity (Wildman–Crippen MR) is 66.4 cm³/mol. The molecular formula is C12H21N3O3. The highest BCUT2D eigenvalue weighted by Crippen LogP contribution is 2.38. The number of hydrogen-bond acceptors (Lipinski definition) is 3. The maximum atomic E-state index is 12.1. The van der Waals surface area contributed by atoms with Crippen LogP contribution in [-0.2, 0) is 4.79 Å². The summed E-state index contributed by atoms with van der Waals surface area (Å²) in [6.45, 7) is 4.69. The van der Waals surface area contributed by atoms with Crippen LogP contribution in [0.5, 0.6) is 0 Å². The molecule has 1 saturated heterocycles. The second-order valence-electron chi connectivity index (χ2n) is 5.35. The number of piperazine rings is 1. The summed E-state index contributed by atoms with van der Waals surface area (Å²) in [5.41, 5.74) is -0.816. The van der Waals surface area contributed by atoms with Gasteiger partial charge in [-0.2, -0.15) is 0 Å². The summed E-state index contributed by atoms with van der Waals surface area (Å²) in [7, 11) is 0. The molecule has 1 aliphatic carbocycles. The lowest BCUT2D eigenvalue weighted by Gasteiger charge is -2.32. The van der Waals surface area contributed by atoms with E-state index >= 15 is 0 Å². The molecule has 3 N–H and O–H groups in total. The number of carbonyl (C=O) groups excluding carboxylic acids is 1. The number of urea groups is 1. The molecule has 0 bridgehead atoms.